The predicted molar refractivity (Wildman–Crippen MR) is 148 cm³/mol. The number of carbonyl (C=O) groups excluding carboxylic acids is 2. The highest BCUT2D eigenvalue weighted by atomic mass is 35.5. The normalized spacial score (nSPS) is 14.1. The molecule has 1 aliphatic heterocycles. The average Bonchev–Trinajstić information content (AvgIpc) is 2.91. The molecule has 4 rings (SSSR count). The van der Waals surface area contributed by atoms with Gasteiger partial charge in [-0.2, -0.15) is 0 Å². The molecule has 10 nitrogen and oxygen atoms in total. The summed E-state index contributed by atoms with van der Waals surface area (Å²) in [5.74, 6) is 1.02. The number of nitrogens with one attached hydrogen (secondary N) is 1. The van der Waals surface area contributed by atoms with E-state index in [1.54, 1.807) is 42.5 Å². The standard InChI is InChI=1S/C28H32ClN5O5/c1-28(2,3)39-27(36)34-11-9-17(10-12-34)26(35)31-19-8-6-7-18(13-19)25-32-21(14-23(29)33-25)20-16-30-24(38-5)15-22(20)37-4/h6-8,13-17H,9-12H2,1-5H3,(H,31,35). The van der Waals surface area contributed by atoms with Crippen LogP contribution in [0.4, 0.5) is 10.5 Å². The van der Waals surface area contributed by atoms with Gasteiger partial charge in [0.15, 0.2) is 5.82 Å². The van der Waals surface area contributed by atoms with Crippen LogP contribution in [0, 0.1) is 5.92 Å². The number of pyridine rings is 1. The maximum atomic E-state index is 13.0. The first-order valence-electron chi connectivity index (χ1n) is 12.6. The van der Waals surface area contributed by atoms with Crippen LogP contribution >= 0.6 is 11.6 Å². The Labute approximate surface area is 232 Å². The zero-order chi connectivity index (χ0) is 28.2. The molecule has 1 aliphatic rings. The number of rotatable bonds is 6. The van der Waals surface area contributed by atoms with Crippen molar-refractivity contribution < 1.29 is 23.8 Å². The Bertz CT molecular complexity index is 1350. The van der Waals surface area contributed by atoms with E-state index in [0.717, 1.165) is 0 Å². The number of aromatic nitrogens is 3. The van der Waals surface area contributed by atoms with Crippen molar-refractivity contribution in [3.05, 3.63) is 47.7 Å². The van der Waals surface area contributed by atoms with E-state index in [4.69, 9.17) is 25.8 Å². The maximum absolute atomic E-state index is 13.0. The van der Waals surface area contributed by atoms with E-state index in [-0.39, 0.29) is 23.1 Å². The van der Waals surface area contributed by atoms with Gasteiger partial charge >= 0.3 is 6.09 Å². The van der Waals surface area contributed by atoms with Gasteiger partial charge in [-0.1, -0.05) is 23.7 Å². The fraction of sp³-hybridized carbons (Fsp3) is 0.393. The number of ether oxygens (including phenoxy) is 3. The first-order chi connectivity index (χ1) is 18.6. The molecule has 11 heteroatoms. The Balaban J connectivity index is 1.47. The Morgan fingerprint density at radius 2 is 1.79 bits per heavy atom. The molecule has 2 amide bonds. The first kappa shape index (κ1) is 28.1. The number of halogens is 1. The molecule has 0 unspecified atom stereocenters. The van der Waals surface area contributed by atoms with Crippen molar-refractivity contribution in [2.75, 3.05) is 32.6 Å². The lowest BCUT2D eigenvalue weighted by Gasteiger charge is -2.32. The topological polar surface area (TPSA) is 116 Å². The SMILES string of the molecule is COc1cc(OC)c(-c2cc(Cl)nc(-c3cccc(NC(=O)C4CCN(C(=O)OC(C)(C)C)CC4)c3)n2)cn1. The minimum absolute atomic E-state index is 0.0993. The summed E-state index contributed by atoms with van der Waals surface area (Å²) >= 11 is 6.36. The zero-order valence-electron chi connectivity index (χ0n) is 22.7. The van der Waals surface area contributed by atoms with E-state index < -0.39 is 5.60 Å². The van der Waals surface area contributed by atoms with Crippen LogP contribution in [0.25, 0.3) is 22.6 Å². The third-order valence-corrected chi connectivity index (χ3v) is 6.34. The Morgan fingerprint density at radius 3 is 2.46 bits per heavy atom. The molecule has 0 saturated carbocycles. The van der Waals surface area contributed by atoms with Crippen LogP contribution in [0.2, 0.25) is 5.15 Å². The van der Waals surface area contributed by atoms with Crippen molar-refractivity contribution in [3.8, 4) is 34.3 Å². The van der Waals surface area contributed by atoms with E-state index in [0.29, 0.717) is 65.9 Å². The Kier molecular flexibility index (Phi) is 8.54. The quantitative estimate of drug-likeness (QED) is 0.400. The fourth-order valence-electron chi connectivity index (χ4n) is 4.21. The third-order valence-electron chi connectivity index (χ3n) is 6.15. The molecule has 0 bridgehead atoms. The number of likely N-dealkylation sites (tertiary alicyclic amines) is 1. The second-order valence-electron chi connectivity index (χ2n) is 10.1. The predicted octanol–water partition coefficient (Wildman–Crippen LogP) is 5.46. The van der Waals surface area contributed by atoms with Gasteiger partial charge in [0, 0.05) is 48.6 Å². The zero-order valence-corrected chi connectivity index (χ0v) is 23.4. The van der Waals surface area contributed by atoms with Gasteiger partial charge in [-0.3, -0.25) is 4.79 Å². The van der Waals surface area contributed by atoms with Gasteiger partial charge in [-0.25, -0.2) is 19.7 Å². The van der Waals surface area contributed by atoms with E-state index >= 15 is 0 Å². The number of hydrogen-bond acceptors (Lipinski definition) is 8. The summed E-state index contributed by atoms with van der Waals surface area (Å²) in [6.07, 6.45) is 2.37. The van der Waals surface area contributed by atoms with Gasteiger partial charge in [0.1, 0.15) is 16.5 Å². The fourth-order valence-corrected chi connectivity index (χ4v) is 4.39. The van der Waals surface area contributed by atoms with E-state index in [2.05, 4.69) is 20.3 Å². The Hall–Kier alpha value is -3.92. The van der Waals surface area contributed by atoms with E-state index in [1.807, 2.05) is 32.9 Å². The number of benzene rings is 1. The number of anilines is 1. The smallest absolute Gasteiger partial charge is 0.410 e. The number of methoxy groups -OCH3 is 2. The van der Waals surface area contributed by atoms with Crippen LogP contribution in [0.15, 0.2) is 42.6 Å². The van der Waals surface area contributed by atoms with Gasteiger partial charge in [-0.05, 0) is 45.7 Å². The number of piperidine rings is 1. The molecule has 1 aromatic carbocycles. The largest absolute Gasteiger partial charge is 0.496 e. The van der Waals surface area contributed by atoms with Crippen molar-refractivity contribution in [1.82, 2.24) is 19.9 Å². The van der Waals surface area contributed by atoms with Crippen molar-refractivity contribution in [1.29, 1.82) is 0 Å². The average molecular weight is 554 g/mol. The summed E-state index contributed by atoms with van der Waals surface area (Å²) in [6, 6.07) is 10.6. The monoisotopic (exact) mass is 553 g/mol. The molecule has 3 heterocycles. The number of hydrogen-bond donors (Lipinski definition) is 1. The van der Waals surface area contributed by atoms with Gasteiger partial charge in [0.25, 0.3) is 0 Å². The molecule has 0 aliphatic carbocycles. The van der Waals surface area contributed by atoms with Crippen LogP contribution in [0.5, 0.6) is 11.6 Å². The van der Waals surface area contributed by atoms with Crippen LogP contribution in [-0.2, 0) is 9.53 Å². The van der Waals surface area contributed by atoms with Crippen molar-refractivity contribution in [2.45, 2.75) is 39.2 Å². The summed E-state index contributed by atoms with van der Waals surface area (Å²) in [7, 11) is 3.08. The van der Waals surface area contributed by atoms with Gasteiger partial charge in [-0.15, -0.1) is 0 Å². The third kappa shape index (κ3) is 7.14. The van der Waals surface area contributed by atoms with Crippen LogP contribution in [0.3, 0.4) is 0 Å². The maximum Gasteiger partial charge on any atom is 0.410 e. The molecule has 206 valence electrons. The highest BCUT2D eigenvalue weighted by molar-refractivity contribution is 6.29. The highest BCUT2D eigenvalue weighted by Gasteiger charge is 2.30. The molecule has 0 atom stereocenters. The second kappa shape index (κ2) is 11.9. The van der Waals surface area contributed by atoms with Crippen molar-refractivity contribution in [3.63, 3.8) is 0 Å². The molecule has 2 aromatic heterocycles. The Morgan fingerprint density at radius 1 is 1.05 bits per heavy atom. The summed E-state index contributed by atoms with van der Waals surface area (Å²) in [5.41, 5.74) is 1.90. The molecule has 1 saturated heterocycles. The molecular weight excluding hydrogens is 522 g/mol. The summed E-state index contributed by atoms with van der Waals surface area (Å²) in [5, 5.41) is 3.24. The summed E-state index contributed by atoms with van der Waals surface area (Å²) in [6.45, 7) is 6.44. The van der Waals surface area contributed by atoms with E-state index in [1.165, 1.54) is 7.11 Å². The summed E-state index contributed by atoms with van der Waals surface area (Å²) in [4.78, 5) is 40.3. The molecular formula is C28H32ClN5O5. The molecule has 0 spiro atoms. The van der Waals surface area contributed by atoms with E-state index in [9.17, 15) is 9.59 Å². The lowest BCUT2D eigenvalue weighted by molar-refractivity contribution is -0.121. The van der Waals surface area contributed by atoms with Crippen LogP contribution in [-0.4, -0.2) is 64.8 Å². The molecule has 3 aromatic rings. The van der Waals surface area contributed by atoms with Gasteiger partial charge in [0.2, 0.25) is 11.8 Å². The molecule has 39 heavy (non-hydrogen) atoms. The van der Waals surface area contributed by atoms with Gasteiger partial charge < -0.3 is 24.4 Å². The van der Waals surface area contributed by atoms with Crippen LogP contribution in [0.1, 0.15) is 33.6 Å². The molecule has 1 fully saturated rings. The molecule has 1 N–H and O–H groups in total. The lowest BCUT2D eigenvalue weighted by atomic mass is 9.96. The first-order valence-corrected chi connectivity index (χ1v) is 13.0. The van der Waals surface area contributed by atoms with Crippen LogP contribution < -0.4 is 14.8 Å². The van der Waals surface area contributed by atoms with Crippen molar-refractivity contribution in [2.24, 2.45) is 5.92 Å². The number of nitrogens with zero attached hydrogens (tertiary/aromatic N) is 4. The molecule has 0 radical (unpaired) electrons. The minimum atomic E-state index is -0.554. The number of amides is 2. The second-order valence-corrected chi connectivity index (χ2v) is 10.5. The lowest BCUT2D eigenvalue weighted by Crippen LogP contribution is -2.43. The van der Waals surface area contributed by atoms with Crippen molar-refractivity contribution >= 4 is 29.3 Å². The summed E-state index contributed by atoms with van der Waals surface area (Å²) < 4.78 is 16.1. The highest BCUT2D eigenvalue weighted by Crippen LogP contribution is 2.33. The van der Waals surface area contributed by atoms with Gasteiger partial charge in [0.05, 0.1) is 25.5 Å². The number of carbonyl (C=O) groups is 2. The minimum Gasteiger partial charge on any atom is -0.496 e.